The summed E-state index contributed by atoms with van der Waals surface area (Å²) in [5, 5.41) is 12.9. The highest BCUT2D eigenvalue weighted by atomic mass is 35.5. The van der Waals surface area contributed by atoms with Crippen LogP contribution in [0.5, 0.6) is 5.75 Å². The number of phenols is 1. The molecule has 19 heavy (non-hydrogen) atoms. The normalized spacial score (nSPS) is 11.4. The molecule has 0 spiro atoms. The van der Waals surface area contributed by atoms with Crippen molar-refractivity contribution in [3.8, 4) is 5.75 Å². The van der Waals surface area contributed by atoms with Crippen molar-refractivity contribution in [1.29, 1.82) is 0 Å². The van der Waals surface area contributed by atoms with E-state index in [1.54, 1.807) is 13.2 Å². The molecule has 0 fully saturated rings. The number of rotatable bonds is 6. The van der Waals surface area contributed by atoms with Crippen molar-refractivity contribution in [2.24, 2.45) is 5.41 Å². The molecule has 0 aromatic heterocycles. The molecular weight excluding hydrogens is 266 g/mol. The number of phenolic OH excluding ortho intramolecular Hbond substituents is 1. The summed E-state index contributed by atoms with van der Waals surface area (Å²) in [5.41, 5.74) is 0.167. The first kappa shape index (κ1) is 15.8. The number of methoxy groups -OCH3 is 1. The Bertz CT molecular complexity index is 446. The van der Waals surface area contributed by atoms with Crippen molar-refractivity contribution in [1.82, 2.24) is 5.32 Å². The van der Waals surface area contributed by atoms with Gasteiger partial charge in [0, 0.05) is 25.3 Å². The van der Waals surface area contributed by atoms with E-state index in [0.29, 0.717) is 18.2 Å². The molecule has 106 valence electrons. The van der Waals surface area contributed by atoms with Crippen LogP contribution in [0, 0.1) is 5.41 Å². The van der Waals surface area contributed by atoms with Crippen molar-refractivity contribution in [2.45, 2.75) is 20.3 Å². The lowest BCUT2D eigenvalue weighted by atomic mass is 9.89. The SMILES string of the molecule is COCCC(C)(C)CNC(=O)c1ccc(Cl)cc1O. The van der Waals surface area contributed by atoms with E-state index in [2.05, 4.69) is 5.32 Å². The Labute approximate surface area is 118 Å². The zero-order valence-corrected chi connectivity index (χ0v) is 12.3. The Morgan fingerprint density at radius 1 is 1.47 bits per heavy atom. The Balaban J connectivity index is 2.60. The Morgan fingerprint density at radius 2 is 2.16 bits per heavy atom. The fraction of sp³-hybridized carbons (Fsp3) is 0.500. The summed E-state index contributed by atoms with van der Waals surface area (Å²) in [6.07, 6.45) is 0.844. The number of halogens is 1. The third kappa shape index (κ3) is 5.09. The second-order valence-corrected chi connectivity index (χ2v) is 5.69. The molecule has 0 saturated heterocycles. The molecule has 0 heterocycles. The Kier molecular flexibility index (Phi) is 5.63. The van der Waals surface area contributed by atoms with E-state index in [9.17, 15) is 9.90 Å². The van der Waals surface area contributed by atoms with Gasteiger partial charge in [0.1, 0.15) is 5.75 Å². The molecule has 4 nitrogen and oxygen atoms in total. The largest absolute Gasteiger partial charge is 0.507 e. The third-order valence-electron chi connectivity index (χ3n) is 2.91. The minimum Gasteiger partial charge on any atom is -0.507 e. The summed E-state index contributed by atoms with van der Waals surface area (Å²) < 4.78 is 5.03. The third-order valence-corrected chi connectivity index (χ3v) is 3.15. The average Bonchev–Trinajstić information content (AvgIpc) is 2.34. The van der Waals surface area contributed by atoms with Gasteiger partial charge >= 0.3 is 0 Å². The molecule has 0 unspecified atom stereocenters. The molecule has 5 heteroatoms. The van der Waals surface area contributed by atoms with Crippen LogP contribution < -0.4 is 5.32 Å². The van der Waals surface area contributed by atoms with Gasteiger partial charge in [-0.15, -0.1) is 0 Å². The highest BCUT2D eigenvalue weighted by Gasteiger charge is 2.20. The summed E-state index contributed by atoms with van der Waals surface area (Å²) in [6.45, 7) is 5.26. The first-order chi connectivity index (χ1) is 8.85. The maximum atomic E-state index is 12.0. The topological polar surface area (TPSA) is 58.6 Å². The fourth-order valence-electron chi connectivity index (χ4n) is 1.58. The van der Waals surface area contributed by atoms with Crippen LogP contribution in [-0.2, 0) is 4.74 Å². The highest BCUT2D eigenvalue weighted by Crippen LogP contribution is 2.23. The van der Waals surface area contributed by atoms with Gasteiger partial charge in [-0.3, -0.25) is 4.79 Å². The van der Waals surface area contributed by atoms with Crippen LogP contribution in [0.3, 0.4) is 0 Å². The van der Waals surface area contributed by atoms with Crippen LogP contribution in [0.2, 0.25) is 5.02 Å². The molecule has 0 atom stereocenters. The molecule has 0 saturated carbocycles. The predicted octanol–water partition coefficient (Wildman–Crippen LogP) is 2.84. The standard InChI is InChI=1S/C14H20ClNO3/c1-14(2,6-7-19-3)9-16-13(18)11-5-4-10(15)8-12(11)17/h4-5,8,17H,6-7,9H2,1-3H3,(H,16,18). The van der Waals surface area contributed by atoms with Gasteiger partial charge in [0.05, 0.1) is 5.56 Å². The molecule has 0 radical (unpaired) electrons. The van der Waals surface area contributed by atoms with Crippen LogP contribution in [-0.4, -0.2) is 31.3 Å². The average molecular weight is 286 g/mol. The van der Waals surface area contributed by atoms with E-state index in [4.69, 9.17) is 16.3 Å². The number of aromatic hydroxyl groups is 1. The van der Waals surface area contributed by atoms with E-state index >= 15 is 0 Å². The van der Waals surface area contributed by atoms with Crippen LogP contribution in [0.25, 0.3) is 0 Å². The van der Waals surface area contributed by atoms with Gasteiger partial charge in [-0.25, -0.2) is 0 Å². The Morgan fingerprint density at radius 3 is 2.74 bits per heavy atom. The van der Waals surface area contributed by atoms with Crippen LogP contribution in [0.1, 0.15) is 30.6 Å². The summed E-state index contributed by atoms with van der Waals surface area (Å²) in [7, 11) is 1.65. The van der Waals surface area contributed by atoms with Gasteiger partial charge in [-0.05, 0) is 30.0 Å². The monoisotopic (exact) mass is 285 g/mol. The lowest BCUT2D eigenvalue weighted by Crippen LogP contribution is -2.34. The number of carbonyl (C=O) groups is 1. The number of ether oxygens (including phenoxy) is 1. The fourth-order valence-corrected chi connectivity index (χ4v) is 1.74. The maximum absolute atomic E-state index is 12.0. The zero-order valence-electron chi connectivity index (χ0n) is 11.5. The molecule has 1 amide bonds. The lowest BCUT2D eigenvalue weighted by Gasteiger charge is -2.24. The van der Waals surface area contributed by atoms with E-state index in [0.717, 1.165) is 6.42 Å². The van der Waals surface area contributed by atoms with Crippen LogP contribution in [0.4, 0.5) is 0 Å². The number of amides is 1. The zero-order chi connectivity index (χ0) is 14.5. The molecule has 0 bridgehead atoms. The van der Waals surface area contributed by atoms with E-state index in [1.807, 2.05) is 13.8 Å². The van der Waals surface area contributed by atoms with Gasteiger partial charge in [-0.2, -0.15) is 0 Å². The first-order valence-corrected chi connectivity index (χ1v) is 6.49. The van der Waals surface area contributed by atoms with Gasteiger partial charge in [0.2, 0.25) is 0 Å². The molecule has 0 aliphatic carbocycles. The van der Waals surface area contributed by atoms with Gasteiger partial charge in [0.15, 0.2) is 0 Å². The predicted molar refractivity (Wildman–Crippen MR) is 75.7 cm³/mol. The van der Waals surface area contributed by atoms with E-state index < -0.39 is 0 Å². The molecule has 1 aromatic carbocycles. The van der Waals surface area contributed by atoms with Crippen molar-refractivity contribution in [2.75, 3.05) is 20.3 Å². The van der Waals surface area contributed by atoms with Crippen molar-refractivity contribution in [3.05, 3.63) is 28.8 Å². The quantitative estimate of drug-likeness (QED) is 0.845. The van der Waals surface area contributed by atoms with E-state index in [1.165, 1.54) is 12.1 Å². The van der Waals surface area contributed by atoms with Gasteiger partial charge in [0.25, 0.3) is 5.91 Å². The first-order valence-electron chi connectivity index (χ1n) is 6.11. The van der Waals surface area contributed by atoms with E-state index in [-0.39, 0.29) is 22.6 Å². The smallest absolute Gasteiger partial charge is 0.255 e. The lowest BCUT2D eigenvalue weighted by molar-refractivity contribution is 0.0918. The van der Waals surface area contributed by atoms with Crippen molar-refractivity contribution < 1.29 is 14.6 Å². The van der Waals surface area contributed by atoms with Crippen LogP contribution >= 0.6 is 11.6 Å². The van der Waals surface area contributed by atoms with Crippen molar-refractivity contribution in [3.63, 3.8) is 0 Å². The van der Waals surface area contributed by atoms with Crippen LogP contribution in [0.15, 0.2) is 18.2 Å². The van der Waals surface area contributed by atoms with Gasteiger partial charge < -0.3 is 15.2 Å². The highest BCUT2D eigenvalue weighted by molar-refractivity contribution is 6.30. The molecule has 0 aliphatic rings. The number of hydrogen-bond acceptors (Lipinski definition) is 3. The molecular formula is C14H20ClNO3. The second-order valence-electron chi connectivity index (χ2n) is 5.25. The van der Waals surface area contributed by atoms with Crippen molar-refractivity contribution >= 4 is 17.5 Å². The minimum absolute atomic E-state index is 0.0618. The van der Waals surface area contributed by atoms with Gasteiger partial charge in [-0.1, -0.05) is 25.4 Å². The summed E-state index contributed by atoms with van der Waals surface area (Å²) >= 11 is 5.72. The molecule has 2 N–H and O–H groups in total. The Hall–Kier alpha value is -1.26. The summed E-state index contributed by atoms with van der Waals surface area (Å²) in [5.74, 6) is -0.417. The molecule has 1 rings (SSSR count). The second kappa shape index (κ2) is 6.78. The summed E-state index contributed by atoms with van der Waals surface area (Å²) in [6, 6.07) is 4.44. The molecule has 1 aromatic rings. The maximum Gasteiger partial charge on any atom is 0.255 e. The number of benzene rings is 1. The number of nitrogens with one attached hydrogen (secondary N) is 1. The number of hydrogen-bond donors (Lipinski definition) is 2. The minimum atomic E-state index is -0.306. The molecule has 0 aliphatic heterocycles. The summed E-state index contributed by atoms with van der Waals surface area (Å²) in [4.78, 5) is 12.0. The number of carbonyl (C=O) groups excluding carboxylic acids is 1.